The monoisotopic (exact) mass is 351 g/mol. The molecule has 8 nitrogen and oxygen atoms in total. The molecule has 1 saturated heterocycles. The number of hydrogen-bond donors (Lipinski definition) is 3. The predicted octanol–water partition coefficient (Wildman–Crippen LogP) is 0.956. The summed E-state index contributed by atoms with van der Waals surface area (Å²) in [5, 5.41) is 12.5. The lowest BCUT2D eigenvalue weighted by atomic mass is 10.0. The van der Waals surface area contributed by atoms with Gasteiger partial charge in [0, 0.05) is 29.2 Å². The highest BCUT2D eigenvalue weighted by atomic mass is 16.2. The molecular weight excluding hydrogens is 334 g/mol. The Kier molecular flexibility index (Phi) is 4.45. The standard InChI is InChI=1S/C18H17N5O3/c1-10(20)13(7-19)16(24)9-23-17(25)15(22-18(23)26)6-11-8-21-14-5-3-2-4-12(11)14/h2-5,8,15,21H,6,9,20H2,1H3,(H,22,26)/b13-10+. The van der Waals surface area contributed by atoms with Crippen LogP contribution in [0.5, 0.6) is 0 Å². The number of para-hydroxylation sites is 1. The zero-order chi connectivity index (χ0) is 18.8. The number of Topliss-reactive ketones (excluding diaryl/α,β-unsaturated/α-hetero) is 1. The summed E-state index contributed by atoms with van der Waals surface area (Å²) >= 11 is 0. The molecule has 0 saturated carbocycles. The van der Waals surface area contributed by atoms with Crippen LogP contribution in [0.25, 0.3) is 10.9 Å². The van der Waals surface area contributed by atoms with Crippen LogP contribution in [0, 0.1) is 11.3 Å². The molecule has 1 fully saturated rings. The number of ketones is 1. The second kappa shape index (κ2) is 6.72. The molecule has 3 rings (SSSR count). The minimum atomic E-state index is -0.761. The number of fused-ring (bicyclic) bond motifs is 1. The van der Waals surface area contributed by atoms with Gasteiger partial charge in [0.25, 0.3) is 5.91 Å². The van der Waals surface area contributed by atoms with Gasteiger partial charge in [-0.3, -0.25) is 14.5 Å². The lowest BCUT2D eigenvalue weighted by Gasteiger charge is -2.12. The predicted molar refractivity (Wildman–Crippen MR) is 93.5 cm³/mol. The van der Waals surface area contributed by atoms with Crippen LogP contribution in [-0.4, -0.2) is 40.2 Å². The third-order valence-corrected chi connectivity index (χ3v) is 4.29. The molecule has 1 aliphatic rings. The largest absolute Gasteiger partial charge is 0.401 e. The fourth-order valence-electron chi connectivity index (χ4n) is 2.98. The Bertz CT molecular complexity index is 978. The zero-order valence-corrected chi connectivity index (χ0v) is 14.1. The maximum atomic E-state index is 12.5. The molecule has 2 aromatic rings. The quantitative estimate of drug-likeness (QED) is 0.419. The first-order valence-corrected chi connectivity index (χ1v) is 7.99. The summed E-state index contributed by atoms with van der Waals surface area (Å²) in [5.74, 6) is -1.16. The number of urea groups is 1. The highest BCUT2D eigenvalue weighted by Gasteiger charge is 2.39. The Labute approximate surface area is 149 Å². The molecule has 4 N–H and O–H groups in total. The highest BCUT2D eigenvalue weighted by molar-refractivity contribution is 6.10. The number of nitrogens with zero attached hydrogens (tertiary/aromatic N) is 2. The third-order valence-electron chi connectivity index (χ3n) is 4.29. The van der Waals surface area contributed by atoms with E-state index in [1.165, 1.54) is 6.92 Å². The number of H-pyrrole nitrogens is 1. The van der Waals surface area contributed by atoms with E-state index in [0.29, 0.717) is 6.42 Å². The van der Waals surface area contributed by atoms with Crippen LogP contribution in [0.1, 0.15) is 12.5 Å². The van der Waals surface area contributed by atoms with Crippen molar-refractivity contribution < 1.29 is 14.4 Å². The van der Waals surface area contributed by atoms with Crippen molar-refractivity contribution in [1.29, 1.82) is 5.26 Å². The molecule has 0 bridgehead atoms. The number of aromatic amines is 1. The Hall–Kier alpha value is -3.60. The van der Waals surface area contributed by atoms with Crippen LogP contribution < -0.4 is 11.1 Å². The maximum absolute atomic E-state index is 12.5. The van der Waals surface area contributed by atoms with Crippen molar-refractivity contribution in [3.8, 4) is 6.07 Å². The summed E-state index contributed by atoms with van der Waals surface area (Å²) < 4.78 is 0. The number of nitriles is 1. The topological polar surface area (TPSA) is 132 Å². The van der Waals surface area contributed by atoms with E-state index in [-0.39, 0.29) is 11.3 Å². The smallest absolute Gasteiger partial charge is 0.325 e. The summed E-state index contributed by atoms with van der Waals surface area (Å²) in [6, 6.07) is 7.93. The number of benzene rings is 1. The number of carbonyl (C=O) groups is 3. The van der Waals surface area contributed by atoms with Crippen molar-refractivity contribution in [3.05, 3.63) is 47.3 Å². The van der Waals surface area contributed by atoms with Gasteiger partial charge in [-0.2, -0.15) is 5.26 Å². The van der Waals surface area contributed by atoms with Crippen LogP contribution in [0.3, 0.4) is 0 Å². The van der Waals surface area contributed by atoms with Gasteiger partial charge in [-0.25, -0.2) is 4.79 Å². The van der Waals surface area contributed by atoms with Gasteiger partial charge in [0.15, 0.2) is 5.78 Å². The number of aromatic nitrogens is 1. The minimum Gasteiger partial charge on any atom is -0.401 e. The molecule has 26 heavy (non-hydrogen) atoms. The lowest BCUT2D eigenvalue weighted by molar-refractivity contribution is -0.130. The second-order valence-electron chi connectivity index (χ2n) is 6.08. The van der Waals surface area contributed by atoms with E-state index in [4.69, 9.17) is 11.0 Å². The van der Waals surface area contributed by atoms with E-state index in [2.05, 4.69) is 10.3 Å². The number of carbonyl (C=O) groups excluding carboxylic acids is 3. The maximum Gasteiger partial charge on any atom is 0.325 e. The molecule has 2 heterocycles. The van der Waals surface area contributed by atoms with Crippen LogP contribution in [0.15, 0.2) is 41.7 Å². The molecule has 8 heteroatoms. The van der Waals surface area contributed by atoms with Crippen molar-refractivity contribution in [1.82, 2.24) is 15.2 Å². The van der Waals surface area contributed by atoms with Gasteiger partial charge in [0.1, 0.15) is 17.7 Å². The first-order chi connectivity index (χ1) is 12.4. The van der Waals surface area contributed by atoms with E-state index in [9.17, 15) is 14.4 Å². The van der Waals surface area contributed by atoms with E-state index in [1.807, 2.05) is 24.3 Å². The minimum absolute atomic E-state index is 0.0555. The van der Waals surface area contributed by atoms with Gasteiger partial charge < -0.3 is 16.0 Å². The molecule has 1 aromatic heterocycles. The van der Waals surface area contributed by atoms with Crippen molar-refractivity contribution >= 4 is 28.6 Å². The van der Waals surface area contributed by atoms with Crippen LogP contribution >= 0.6 is 0 Å². The van der Waals surface area contributed by atoms with Gasteiger partial charge in [-0.1, -0.05) is 18.2 Å². The molecular formula is C18H17N5O3. The van der Waals surface area contributed by atoms with Gasteiger partial charge in [-0.15, -0.1) is 0 Å². The summed E-state index contributed by atoms with van der Waals surface area (Å²) in [5.41, 5.74) is 7.13. The van der Waals surface area contributed by atoms with Gasteiger partial charge in [0.2, 0.25) is 0 Å². The molecule has 0 radical (unpaired) electrons. The van der Waals surface area contributed by atoms with Crippen LogP contribution in [0.2, 0.25) is 0 Å². The Morgan fingerprint density at radius 2 is 2.08 bits per heavy atom. The molecule has 0 aliphatic carbocycles. The number of rotatable bonds is 5. The number of nitrogens with one attached hydrogen (secondary N) is 2. The summed E-state index contributed by atoms with van der Waals surface area (Å²) in [4.78, 5) is 40.7. The van der Waals surface area contributed by atoms with E-state index >= 15 is 0 Å². The lowest BCUT2D eigenvalue weighted by Crippen LogP contribution is -2.37. The SMILES string of the molecule is C/C(N)=C(/C#N)C(=O)CN1C(=O)NC(Cc2c[nH]c3ccccc23)C1=O. The van der Waals surface area contributed by atoms with Crippen LogP contribution in [-0.2, 0) is 16.0 Å². The molecule has 1 atom stereocenters. The number of allylic oxidation sites excluding steroid dienone is 1. The Balaban J connectivity index is 1.76. The van der Waals surface area contributed by atoms with Crippen molar-refractivity contribution in [3.63, 3.8) is 0 Å². The van der Waals surface area contributed by atoms with Gasteiger partial charge >= 0.3 is 6.03 Å². The van der Waals surface area contributed by atoms with E-state index in [1.54, 1.807) is 12.3 Å². The number of nitrogens with two attached hydrogens (primary N) is 1. The fourth-order valence-corrected chi connectivity index (χ4v) is 2.98. The van der Waals surface area contributed by atoms with Crippen molar-refractivity contribution in [2.45, 2.75) is 19.4 Å². The fraction of sp³-hybridized carbons (Fsp3) is 0.222. The number of hydrogen-bond acceptors (Lipinski definition) is 5. The average molecular weight is 351 g/mol. The average Bonchev–Trinajstić information content (AvgIpc) is 3.12. The molecule has 0 spiro atoms. The highest BCUT2D eigenvalue weighted by Crippen LogP contribution is 2.21. The molecule has 1 unspecified atom stereocenters. The van der Waals surface area contributed by atoms with Crippen molar-refractivity contribution in [2.24, 2.45) is 5.73 Å². The zero-order valence-electron chi connectivity index (χ0n) is 14.1. The Morgan fingerprint density at radius 1 is 1.35 bits per heavy atom. The summed E-state index contributed by atoms with van der Waals surface area (Å²) in [6.07, 6.45) is 2.10. The first-order valence-electron chi connectivity index (χ1n) is 7.99. The van der Waals surface area contributed by atoms with Crippen molar-refractivity contribution in [2.75, 3.05) is 6.54 Å². The molecule has 1 aromatic carbocycles. The van der Waals surface area contributed by atoms with Crippen LogP contribution in [0.4, 0.5) is 4.79 Å². The van der Waals surface area contributed by atoms with E-state index in [0.717, 1.165) is 21.4 Å². The van der Waals surface area contributed by atoms with E-state index < -0.39 is 30.3 Å². The number of amides is 3. The summed E-state index contributed by atoms with van der Waals surface area (Å²) in [6.45, 7) is 0.911. The Morgan fingerprint density at radius 3 is 2.77 bits per heavy atom. The first kappa shape index (κ1) is 17.2. The molecule has 3 amide bonds. The number of imide groups is 1. The van der Waals surface area contributed by atoms with Gasteiger partial charge in [-0.05, 0) is 18.6 Å². The second-order valence-corrected chi connectivity index (χ2v) is 6.08. The normalized spacial score (nSPS) is 17.8. The third kappa shape index (κ3) is 3.02. The molecule has 1 aliphatic heterocycles. The summed E-state index contributed by atoms with van der Waals surface area (Å²) in [7, 11) is 0. The molecule has 132 valence electrons. The van der Waals surface area contributed by atoms with Gasteiger partial charge in [0.05, 0.1) is 6.54 Å².